The molecule has 0 bridgehead atoms. The Labute approximate surface area is 151 Å². The van der Waals surface area contributed by atoms with Crippen molar-refractivity contribution in [2.24, 2.45) is 0 Å². The molecule has 0 radical (unpaired) electrons. The zero-order valence-corrected chi connectivity index (χ0v) is 14.7. The van der Waals surface area contributed by atoms with Crippen molar-refractivity contribution in [3.63, 3.8) is 0 Å². The number of tetrazole rings is 1. The standard InChI is InChI=1S/C13H7Cl3N4O3S/c14-8-5-11(15)13(12(16)6-8)24(21,22)23-10-3-1-9(2-4-10)20-7-17-18-19-20/h1-7H. The van der Waals surface area contributed by atoms with E-state index < -0.39 is 10.1 Å². The minimum Gasteiger partial charge on any atom is -0.379 e. The van der Waals surface area contributed by atoms with Crippen LogP contribution in [0.3, 0.4) is 0 Å². The monoisotopic (exact) mass is 404 g/mol. The van der Waals surface area contributed by atoms with Crippen LogP contribution in [-0.2, 0) is 10.1 Å². The molecule has 3 rings (SSSR count). The Morgan fingerprint density at radius 3 is 2.17 bits per heavy atom. The van der Waals surface area contributed by atoms with Gasteiger partial charge in [-0.05, 0) is 46.8 Å². The van der Waals surface area contributed by atoms with Gasteiger partial charge in [0, 0.05) is 5.02 Å². The highest BCUT2D eigenvalue weighted by molar-refractivity contribution is 7.87. The van der Waals surface area contributed by atoms with E-state index in [9.17, 15) is 8.42 Å². The van der Waals surface area contributed by atoms with Gasteiger partial charge in [0.25, 0.3) is 0 Å². The molecule has 3 aromatic rings. The van der Waals surface area contributed by atoms with Gasteiger partial charge in [0.15, 0.2) is 0 Å². The third-order valence-corrected chi connectivity index (χ3v) is 5.26. The highest BCUT2D eigenvalue weighted by Crippen LogP contribution is 2.34. The van der Waals surface area contributed by atoms with Crippen molar-refractivity contribution in [1.82, 2.24) is 20.2 Å². The van der Waals surface area contributed by atoms with Crippen molar-refractivity contribution < 1.29 is 12.6 Å². The van der Waals surface area contributed by atoms with Gasteiger partial charge in [0.2, 0.25) is 0 Å². The van der Waals surface area contributed by atoms with Crippen LogP contribution < -0.4 is 4.18 Å². The molecule has 0 fully saturated rings. The number of rotatable bonds is 4. The summed E-state index contributed by atoms with van der Waals surface area (Å²) in [6, 6.07) is 8.62. The van der Waals surface area contributed by atoms with Gasteiger partial charge in [-0.15, -0.1) is 5.10 Å². The third kappa shape index (κ3) is 3.46. The number of nitrogens with zero attached hydrogens (tertiary/aromatic N) is 4. The summed E-state index contributed by atoms with van der Waals surface area (Å²) in [7, 11) is -4.23. The van der Waals surface area contributed by atoms with Crippen LogP contribution in [-0.4, -0.2) is 28.6 Å². The van der Waals surface area contributed by atoms with Crippen LogP contribution in [0, 0.1) is 0 Å². The van der Waals surface area contributed by atoms with Gasteiger partial charge < -0.3 is 4.18 Å². The van der Waals surface area contributed by atoms with Crippen LogP contribution in [0.25, 0.3) is 5.69 Å². The lowest BCUT2D eigenvalue weighted by atomic mass is 10.3. The Balaban J connectivity index is 1.90. The van der Waals surface area contributed by atoms with E-state index in [2.05, 4.69) is 15.5 Å². The molecule has 0 saturated carbocycles. The Bertz CT molecular complexity index is 953. The number of halogens is 3. The molecule has 0 aliphatic rings. The summed E-state index contributed by atoms with van der Waals surface area (Å²) >= 11 is 17.6. The summed E-state index contributed by atoms with van der Waals surface area (Å²) < 4.78 is 31.3. The van der Waals surface area contributed by atoms with E-state index >= 15 is 0 Å². The van der Waals surface area contributed by atoms with Gasteiger partial charge in [-0.3, -0.25) is 0 Å². The topological polar surface area (TPSA) is 87.0 Å². The lowest BCUT2D eigenvalue weighted by molar-refractivity contribution is 0.486. The van der Waals surface area contributed by atoms with Crippen molar-refractivity contribution in [3.05, 3.63) is 57.8 Å². The fraction of sp³-hybridized carbons (Fsp3) is 0. The normalized spacial score (nSPS) is 11.5. The van der Waals surface area contributed by atoms with Crippen LogP contribution in [0.5, 0.6) is 5.75 Å². The molecular formula is C13H7Cl3N4O3S. The zero-order chi connectivity index (χ0) is 17.3. The molecular weight excluding hydrogens is 399 g/mol. The zero-order valence-electron chi connectivity index (χ0n) is 11.6. The maximum atomic E-state index is 12.4. The lowest BCUT2D eigenvalue weighted by Crippen LogP contribution is -2.11. The predicted octanol–water partition coefficient (Wildman–Crippen LogP) is 3.39. The van der Waals surface area contributed by atoms with Crippen LogP contribution in [0.2, 0.25) is 15.1 Å². The lowest BCUT2D eigenvalue weighted by Gasteiger charge is -2.10. The average Bonchev–Trinajstić information content (AvgIpc) is 3.00. The molecule has 11 heteroatoms. The fourth-order valence-electron chi connectivity index (χ4n) is 1.87. The molecule has 0 aliphatic heterocycles. The SMILES string of the molecule is O=S(=O)(Oc1ccc(-n2cnnn2)cc1)c1c(Cl)cc(Cl)cc1Cl. The molecule has 0 unspecified atom stereocenters. The number of aromatic nitrogens is 4. The smallest absolute Gasteiger partial charge is 0.342 e. The van der Waals surface area contributed by atoms with Gasteiger partial charge in [-0.2, -0.15) is 8.42 Å². The molecule has 0 amide bonds. The molecule has 24 heavy (non-hydrogen) atoms. The highest BCUT2D eigenvalue weighted by Gasteiger charge is 2.24. The van der Waals surface area contributed by atoms with E-state index in [1.54, 1.807) is 12.1 Å². The Morgan fingerprint density at radius 2 is 1.62 bits per heavy atom. The molecule has 0 aliphatic carbocycles. The van der Waals surface area contributed by atoms with Crippen molar-refractivity contribution in [2.75, 3.05) is 0 Å². The first-order valence-corrected chi connectivity index (χ1v) is 8.83. The van der Waals surface area contributed by atoms with E-state index in [4.69, 9.17) is 39.0 Å². The summed E-state index contributed by atoms with van der Waals surface area (Å²) in [6.07, 6.45) is 1.40. The van der Waals surface area contributed by atoms with Crippen LogP contribution in [0.15, 0.2) is 47.6 Å². The molecule has 0 N–H and O–H groups in total. The molecule has 0 atom stereocenters. The van der Waals surface area contributed by atoms with E-state index in [0.717, 1.165) is 0 Å². The van der Waals surface area contributed by atoms with Gasteiger partial charge in [-0.25, -0.2) is 4.68 Å². The van der Waals surface area contributed by atoms with Gasteiger partial charge >= 0.3 is 10.1 Å². The van der Waals surface area contributed by atoms with Gasteiger partial charge in [0.1, 0.15) is 17.0 Å². The maximum Gasteiger partial charge on any atom is 0.342 e. The summed E-state index contributed by atoms with van der Waals surface area (Å²) in [5.41, 5.74) is 0.632. The van der Waals surface area contributed by atoms with Crippen LogP contribution >= 0.6 is 34.8 Å². The molecule has 124 valence electrons. The van der Waals surface area contributed by atoms with Crippen LogP contribution in [0.1, 0.15) is 0 Å². The molecule has 1 aromatic heterocycles. The third-order valence-electron chi connectivity index (χ3n) is 2.87. The predicted molar refractivity (Wildman–Crippen MR) is 88.4 cm³/mol. The van der Waals surface area contributed by atoms with Crippen LogP contribution in [0.4, 0.5) is 0 Å². The minimum atomic E-state index is -4.23. The minimum absolute atomic E-state index is 0.0777. The fourth-order valence-corrected chi connectivity index (χ4v) is 4.30. The summed E-state index contributed by atoms with van der Waals surface area (Å²) in [4.78, 5) is -0.347. The van der Waals surface area contributed by atoms with Crippen molar-refractivity contribution in [3.8, 4) is 11.4 Å². The second-order valence-electron chi connectivity index (χ2n) is 4.48. The largest absolute Gasteiger partial charge is 0.379 e. The average molecular weight is 406 g/mol. The first kappa shape index (κ1) is 17.0. The van der Waals surface area contributed by atoms with Crippen molar-refractivity contribution >= 4 is 44.9 Å². The molecule has 2 aromatic carbocycles. The Kier molecular flexibility index (Phi) is 4.64. The molecule has 1 heterocycles. The second kappa shape index (κ2) is 6.56. The van der Waals surface area contributed by atoms with Gasteiger partial charge in [0.05, 0.1) is 15.7 Å². The Hall–Kier alpha value is -1.87. The Morgan fingerprint density at radius 1 is 1.00 bits per heavy atom. The molecule has 0 spiro atoms. The summed E-state index contributed by atoms with van der Waals surface area (Å²) in [5.74, 6) is 0.0777. The number of hydrogen-bond donors (Lipinski definition) is 0. The van der Waals surface area contributed by atoms with E-state index in [0.29, 0.717) is 5.69 Å². The van der Waals surface area contributed by atoms with E-state index in [1.807, 2.05) is 0 Å². The number of hydrogen-bond acceptors (Lipinski definition) is 6. The van der Waals surface area contributed by atoms with Crippen molar-refractivity contribution in [1.29, 1.82) is 0 Å². The highest BCUT2D eigenvalue weighted by atomic mass is 35.5. The maximum absolute atomic E-state index is 12.4. The van der Waals surface area contributed by atoms with E-state index in [-0.39, 0.29) is 25.7 Å². The first-order valence-electron chi connectivity index (χ1n) is 6.29. The molecule has 7 nitrogen and oxygen atoms in total. The van der Waals surface area contributed by atoms with Gasteiger partial charge in [-0.1, -0.05) is 34.8 Å². The quantitative estimate of drug-likeness (QED) is 0.618. The van der Waals surface area contributed by atoms with Crippen molar-refractivity contribution in [2.45, 2.75) is 4.90 Å². The molecule has 0 saturated heterocycles. The first-order chi connectivity index (χ1) is 11.4. The summed E-state index contributed by atoms with van der Waals surface area (Å²) in [5, 5.41) is 10.7. The van der Waals surface area contributed by atoms with E-state index in [1.165, 1.54) is 35.3 Å². The second-order valence-corrected chi connectivity index (χ2v) is 7.22. The summed E-state index contributed by atoms with van der Waals surface area (Å²) in [6.45, 7) is 0. The number of benzene rings is 2.